The Bertz CT molecular complexity index is 686. The summed E-state index contributed by atoms with van der Waals surface area (Å²) < 4.78 is 5.68. The molecule has 1 aromatic rings. The van der Waals surface area contributed by atoms with E-state index in [0.29, 0.717) is 32.2 Å². The molecule has 1 amide bonds. The molecule has 29 heavy (non-hydrogen) atoms. The predicted octanol–water partition coefficient (Wildman–Crippen LogP) is 1.90. The molecule has 2 fully saturated rings. The minimum atomic E-state index is -0.741. The van der Waals surface area contributed by atoms with Crippen LogP contribution in [0.4, 0.5) is 5.69 Å². The zero-order chi connectivity index (χ0) is 20.6. The molecule has 1 atom stereocenters. The molecule has 1 unspecified atom stereocenters. The van der Waals surface area contributed by atoms with Gasteiger partial charge < -0.3 is 25.0 Å². The van der Waals surface area contributed by atoms with Crippen LogP contribution in [-0.2, 0) is 20.7 Å². The van der Waals surface area contributed by atoms with Crippen LogP contribution in [0.15, 0.2) is 24.3 Å². The second kappa shape index (κ2) is 10.6. The Labute approximate surface area is 173 Å². The summed E-state index contributed by atoms with van der Waals surface area (Å²) in [6.45, 7) is 3.51. The van der Waals surface area contributed by atoms with Gasteiger partial charge in [-0.1, -0.05) is 18.2 Å². The molecule has 7 heteroatoms. The summed E-state index contributed by atoms with van der Waals surface area (Å²) in [5.41, 5.74) is 2.37. The number of ether oxygens (including phenoxy) is 1. The molecule has 1 saturated carbocycles. The molecule has 0 bridgehead atoms. The van der Waals surface area contributed by atoms with Gasteiger partial charge in [0.1, 0.15) is 6.10 Å². The number of carbonyl (C=O) groups is 2. The second-order valence-corrected chi connectivity index (χ2v) is 7.98. The van der Waals surface area contributed by atoms with Crippen molar-refractivity contribution in [2.45, 2.75) is 50.7 Å². The third-order valence-electron chi connectivity index (χ3n) is 5.63. The number of aliphatic carboxylic acids is 1. The molecule has 1 saturated heterocycles. The van der Waals surface area contributed by atoms with E-state index in [4.69, 9.17) is 9.84 Å². The van der Waals surface area contributed by atoms with E-state index in [-0.39, 0.29) is 18.4 Å². The molecule has 2 N–H and O–H groups in total. The van der Waals surface area contributed by atoms with Crippen LogP contribution in [0.25, 0.3) is 0 Å². The number of rotatable bonds is 11. The molecule has 1 aliphatic carbocycles. The van der Waals surface area contributed by atoms with Crippen LogP contribution in [0.2, 0.25) is 0 Å². The lowest BCUT2D eigenvalue weighted by Gasteiger charge is -2.30. The first kappa shape index (κ1) is 21.6. The van der Waals surface area contributed by atoms with Crippen molar-refractivity contribution in [1.82, 2.24) is 10.2 Å². The zero-order valence-corrected chi connectivity index (χ0v) is 17.3. The maximum absolute atomic E-state index is 13.0. The maximum Gasteiger partial charge on any atom is 0.303 e. The van der Waals surface area contributed by atoms with E-state index in [1.54, 1.807) is 0 Å². The van der Waals surface area contributed by atoms with Gasteiger partial charge in [0.15, 0.2) is 0 Å². The lowest BCUT2D eigenvalue weighted by molar-refractivity contribution is -0.145. The largest absolute Gasteiger partial charge is 0.481 e. The van der Waals surface area contributed by atoms with Gasteiger partial charge in [-0.15, -0.1) is 0 Å². The van der Waals surface area contributed by atoms with Crippen LogP contribution in [-0.4, -0.2) is 73.9 Å². The van der Waals surface area contributed by atoms with Crippen LogP contribution in [0.1, 0.15) is 37.7 Å². The molecule has 0 aromatic heterocycles. The number of hydrogen-bond donors (Lipinski definition) is 2. The Hall–Kier alpha value is -2.12. The summed E-state index contributed by atoms with van der Waals surface area (Å²) in [6, 6.07) is 8.64. The van der Waals surface area contributed by atoms with Gasteiger partial charge in [-0.25, -0.2) is 0 Å². The number of nitrogens with one attached hydrogen (secondary N) is 1. The summed E-state index contributed by atoms with van der Waals surface area (Å²) >= 11 is 0. The number of amides is 1. The van der Waals surface area contributed by atoms with E-state index in [1.807, 2.05) is 24.1 Å². The number of carboxylic acid groups (broad SMARTS) is 1. The summed E-state index contributed by atoms with van der Waals surface area (Å²) in [5, 5.41) is 12.0. The fourth-order valence-electron chi connectivity index (χ4n) is 3.85. The summed E-state index contributed by atoms with van der Waals surface area (Å²) in [7, 11) is 2.05. The predicted molar refractivity (Wildman–Crippen MR) is 112 cm³/mol. The van der Waals surface area contributed by atoms with Gasteiger partial charge in [0.25, 0.3) is 5.91 Å². The van der Waals surface area contributed by atoms with Crippen LogP contribution in [0, 0.1) is 0 Å². The molecule has 1 aliphatic heterocycles. The van der Waals surface area contributed by atoms with E-state index in [1.165, 1.54) is 5.56 Å². The first-order chi connectivity index (χ1) is 14.1. The van der Waals surface area contributed by atoms with Gasteiger partial charge in [-0.05, 0) is 43.7 Å². The molecule has 1 aromatic carbocycles. The Morgan fingerprint density at radius 3 is 2.69 bits per heavy atom. The molecule has 160 valence electrons. The van der Waals surface area contributed by atoms with Gasteiger partial charge in [-0.2, -0.15) is 0 Å². The van der Waals surface area contributed by atoms with E-state index in [2.05, 4.69) is 22.3 Å². The van der Waals surface area contributed by atoms with E-state index in [0.717, 1.165) is 44.5 Å². The standard InChI is InChI=1S/C22H33N3O4/c1-24(13-5-4-8-21(26)27)19-7-3-2-6-17(19)11-14-25(18-9-10-18)22(28)20-16-23-12-15-29-20/h2-3,6-7,18,20,23H,4-5,8-16H2,1H3,(H,26,27). The third kappa shape index (κ3) is 6.44. The molecule has 2 aliphatic rings. The number of anilines is 1. The smallest absolute Gasteiger partial charge is 0.303 e. The van der Waals surface area contributed by atoms with Crippen LogP contribution < -0.4 is 10.2 Å². The molecule has 7 nitrogen and oxygen atoms in total. The number of unbranched alkanes of at least 4 members (excludes halogenated alkanes) is 1. The zero-order valence-electron chi connectivity index (χ0n) is 17.3. The van der Waals surface area contributed by atoms with Crippen LogP contribution in [0.3, 0.4) is 0 Å². The highest BCUT2D eigenvalue weighted by atomic mass is 16.5. The Kier molecular flexibility index (Phi) is 7.89. The molecule has 1 heterocycles. The van der Waals surface area contributed by atoms with Gasteiger partial charge in [-0.3, -0.25) is 9.59 Å². The quantitative estimate of drug-likeness (QED) is 0.549. The highest BCUT2D eigenvalue weighted by molar-refractivity contribution is 5.82. The van der Waals surface area contributed by atoms with E-state index in [9.17, 15) is 9.59 Å². The Morgan fingerprint density at radius 1 is 1.21 bits per heavy atom. The van der Waals surface area contributed by atoms with Crippen molar-refractivity contribution in [3.63, 3.8) is 0 Å². The Morgan fingerprint density at radius 2 is 2.00 bits per heavy atom. The number of carbonyl (C=O) groups excluding carboxylic acids is 1. The number of para-hydroxylation sites is 1. The van der Waals surface area contributed by atoms with Gasteiger partial charge in [0, 0.05) is 51.4 Å². The molecular formula is C22H33N3O4. The van der Waals surface area contributed by atoms with Gasteiger partial charge >= 0.3 is 5.97 Å². The van der Waals surface area contributed by atoms with Crippen molar-refractivity contribution >= 4 is 17.6 Å². The topological polar surface area (TPSA) is 82.1 Å². The first-order valence-electron chi connectivity index (χ1n) is 10.7. The summed E-state index contributed by atoms with van der Waals surface area (Å²) in [4.78, 5) is 27.8. The average Bonchev–Trinajstić information content (AvgIpc) is 3.57. The van der Waals surface area contributed by atoms with Crippen LogP contribution in [0.5, 0.6) is 0 Å². The number of hydrogen-bond acceptors (Lipinski definition) is 5. The fourth-order valence-corrected chi connectivity index (χ4v) is 3.85. The summed E-state index contributed by atoms with van der Waals surface area (Å²) in [5.74, 6) is -0.630. The normalized spacial score (nSPS) is 19.0. The SMILES string of the molecule is CN(CCCCC(=O)O)c1ccccc1CCN(C(=O)C1CNCCO1)C1CC1. The first-order valence-corrected chi connectivity index (χ1v) is 10.7. The van der Waals surface area contributed by atoms with Gasteiger partial charge in [0.05, 0.1) is 6.61 Å². The van der Waals surface area contributed by atoms with Crippen molar-refractivity contribution in [1.29, 1.82) is 0 Å². The molecular weight excluding hydrogens is 370 g/mol. The van der Waals surface area contributed by atoms with E-state index >= 15 is 0 Å². The maximum atomic E-state index is 13.0. The fraction of sp³-hybridized carbons (Fsp3) is 0.636. The molecule has 3 rings (SSSR count). The van der Waals surface area contributed by atoms with Crippen molar-refractivity contribution < 1.29 is 19.4 Å². The number of carboxylic acids is 1. The third-order valence-corrected chi connectivity index (χ3v) is 5.63. The molecule has 0 radical (unpaired) electrons. The van der Waals surface area contributed by atoms with Crippen molar-refractivity contribution in [2.24, 2.45) is 0 Å². The number of morpholine rings is 1. The van der Waals surface area contributed by atoms with Gasteiger partial charge in [0.2, 0.25) is 0 Å². The number of benzene rings is 1. The van der Waals surface area contributed by atoms with Crippen molar-refractivity contribution in [3.05, 3.63) is 29.8 Å². The lowest BCUT2D eigenvalue weighted by Crippen LogP contribution is -2.50. The number of nitrogens with zero attached hydrogens (tertiary/aromatic N) is 2. The minimum absolute atomic E-state index is 0.110. The lowest BCUT2D eigenvalue weighted by atomic mass is 10.1. The van der Waals surface area contributed by atoms with Crippen LogP contribution >= 0.6 is 0 Å². The molecule has 0 spiro atoms. The van der Waals surface area contributed by atoms with Crippen molar-refractivity contribution in [3.8, 4) is 0 Å². The average molecular weight is 404 g/mol. The Balaban J connectivity index is 1.57. The highest BCUT2D eigenvalue weighted by Crippen LogP contribution is 2.29. The second-order valence-electron chi connectivity index (χ2n) is 7.98. The monoisotopic (exact) mass is 403 g/mol. The minimum Gasteiger partial charge on any atom is -0.481 e. The van der Waals surface area contributed by atoms with E-state index < -0.39 is 5.97 Å². The summed E-state index contributed by atoms with van der Waals surface area (Å²) in [6.07, 6.45) is 4.34. The van der Waals surface area contributed by atoms with Crippen molar-refractivity contribution in [2.75, 3.05) is 44.7 Å². The highest BCUT2D eigenvalue weighted by Gasteiger charge is 2.36.